The number of aliphatic hydroxyl groups is 2. The van der Waals surface area contributed by atoms with Crippen LogP contribution in [-0.2, 0) is 4.79 Å². The van der Waals surface area contributed by atoms with Gasteiger partial charge in [0.05, 0.1) is 6.10 Å². The van der Waals surface area contributed by atoms with Gasteiger partial charge in [0.15, 0.2) is 5.72 Å². The third-order valence-corrected chi connectivity index (χ3v) is 6.72. The third kappa shape index (κ3) is 2.97. The van der Waals surface area contributed by atoms with Gasteiger partial charge in [0.2, 0.25) is 0 Å². The summed E-state index contributed by atoms with van der Waals surface area (Å²) >= 11 is 0. The van der Waals surface area contributed by atoms with Crippen LogP contribution in [0.25, 0.3) is 0 Å². The molecular weight excluding hydrogens is 326 g/mol. The van der Waals surface area contributed by atoms with Gasteiger partial charge in [-0.15, -0.1) is 0 Å². The molecule has 1 heterocycles. The number of nitrogens with zero attached hydrogens (tertiary/aromatic N) is 1. The zero-order valence-corrected chi connectivity index (χ0v) is 16.6. The van der Waals surface area contributed by atoms with Crippen molar-refractivity contribution in [1.29, 1.82) is 0 Å². The number of hydrogen-bond acceptors (Lipinski definition) is 3. The average molecular weight is 360 g/mol. The van der Waals surface area contributed by atoms with Crippen LogP contribution in [0.15, 0.2) is 34.9 Å². The summed E-state index contributed by atoms with van der Waals surface area (Å²) in [4.78, 5) is 14.7. The molecule has 0 unspecified atom stereocenters. The van der Waals surface area contributed by atoms with E-state index in [9.17, 15) is 15.0 Å². The number of carbonyl (C=O) groups is 1. The number of carbonyl (C=O) groups excluding carboxylic acids is 1. The molecule has 0 spiro atoms. The van der Waals surface area contributed by atoms with Gasteiger partial charge in [0.1, 0.15) is 0 Å². The number of aliphatic hydroxyl groups excluding tert-OH is 1. The van der Waals surface area contributed by atoms with Crippen molar-refractivity contribution >= 4 is 5.91 Å². The van der Waals surface area contributed by atoms with Crippen LogP contribution >= 0.6 is 0 Å². The summed E-state index contributed by atoms with van der Waals surface area (Å²) in [5.41, 5.74) is 2.21. The number of hydrogen-bond donors (Lipinski definition) is 2. The molecule has 1 amide bonds. The molecule has 0 aromatic carbocycles. The van der Waals surface area contributed by atoms with E-state index in [-0.39, 0.29) is 11.3 Å². The molecule has 26 heavy (non-hydrogen) atoms. The largest absolute Gasteiger partial charge is 0.389 e. The topological polar surface area (TPSA) is 60.8 Å². The Morgan fingerprint density at radius 1 is 1.31 bits per heavy atom. The van der Waals surface area contributed by atoms with Crippen molar-refractivity contribution in [3.8, 4) is 0 Å². The quantitative estimate of drug-likeness (QED) is 0.702. The second-order valence-electron chi connectivity index (χ2n) is 8.93. The van der Waals surface area contributed by atoms with Gasteiger partial charge in [-0.05, 0) is 62.9 Å². The monoisotopic (exact) mass is 359 g/mol. The minimum absolute atomic E-state index is 0.0100. The first-order chi connectivity index (χ1) is 12.1. The molecule has 3 rings (SSSR count). The Hall–Kier alpha value is -1.39. The van der Waals surface area contributed by atoms with E-state index in [0.717, 1.165) is 48.0 Å². The lowest BCUT2D eigenvalue weighted by atomic mass is 9.61. The van der Waals surface area contributed by atoms with Crippen molar-refractivity contribution in [2.45, 2.75) is 78.0 Å². The van der Waals surface area contributed by atoms with Crippen LogP contribution in [0.4, 0.5) is 0 Å². The second-order valence-corrected chi connectivity index (χ2v) is 8.93. The highest BCUT2D eigenvalue weighted by Gasteiger charge is 2.57. The Kier molecular flexibility index (Phi) is 4.95. The van der Waals surface area contributed by atoms with Gasteiger partial charge in [-0.1, -0.05) is 37.6 Å². The average Bonchev–Trinajstić information content (AvgIpc) is 2.72. The van der Waals surface area contributed by atoms with Crippen molar-refractivity contribution in [3.63, 3.8) is 0 Å². The molecule has 0 aromatic rings. The first-order valence-corrected chi connectivity index (χ1v) is 9.91. The zero-order chi connectivity index (χ0) is 19.3. The number of likely N-dealkylation sites (N-methyl/N-ethyl adjacent to an activating group) is 1. The Morgan fingerprint density at radius 3 is 2.62 bits per heavy atom. The summed E-state index contributed by atoms with van der Waals surface area (Å²) < 4.78 is 0. The fraction of sp³-hybridized carbons (Fsp3) is 0.682. The molecule has 0 radical (unpaired) electrons. The van der Waals surface area contributed by atoms with Crippen LogP contribution in [-0.4, -0.2) is 39.4 Å². The van der Waals surface area contributed by atoms with Gasteiger partial charge >= 0.3 is 0 Å². The summed E-state index contributed by atoms with van der Waals surface area (Å²) in [6.07, 6.45) is 5.72. The first kappa shape index (κ1) is 19.4. The summed E-state index contributed by atoms with van der Waals surface area (Å²) in [5.74, 6) is 0.388. The molecule has 4 nitrogen and oxygen atoms in total. The van der Waals surface area contributed by atoms with Crippen molar-refractivity contribution in [1.82, 2.24) is 4.90 Å². The molecule has 1 aliphatic heterocycles. The van der Waals surface area contributed by atoms with Gasteiger partial charge in [-0.2, -0.15) is 0 Å². The predicted molar refractivity (Wildman–Crippen MR) is 103 cm³/mol. The van der Waals surface area contributed by atoms with Crippen molar-refractivity contribution < 1.29 is 15.0 Å². The van der Waals surface area contributed by atoms with Crippen LogP contribution in [0, 0.1) is 11.3 Å². The van der Waals surface area contributed by atoms with Gasteiger partial charge in [-0.25, -0.2) is 0 Å². The van der Waals surface area contributed by atoms with Crippen LogP contribution in [0.3, 0.4) is 0 Å². The summed E-state index contributed by atoms with van der Waals surface area (Å²) in [6, 6.07) is 0. The van der Waals surface area contributed by atoms with Crippen LogP contribution in [0.5, 0.6) is 0 Å². The van der Waals surface area contributed by atoms with E-state index < -0.39 is 11.8 Å². The van der Waals surface area contributed by atoms with Gasteiger partial charge in [0, 0.05) is 18.5 Å². The lowest BCUT2D eigenvalue weighted by Gasteiger charge is -2.47. The molecule has 4 heteroatoms. The minimum atomic E-state index is -1.28. The van der Waals surface area contributed by atoms with Gasteiger partial charge < -0.3 is 15.1 Å². The Morgan fingerprint density at radius 2 is 1.96 bits per heavy atom. The maximum absolute atomic E-state index is 13.0. The summed E-state index contributed by atoms with van der Waals surface area (Å²) in [7, 11) is 0. The van der Waals surface area contributed by atoms with E-state index in [1.54, 1.807) is 4.90 Å². The first-order valence-electron chi connectivity index (χ1n) is 9.91. The van der Waals surface area contributed by atoms with E-state index in [1.807, 2.05) is 19.9 Å². The zero-order valence-electron chi connectivity index (χ0n) is 16.6. The molecular formula is C22H33NO3. The SMILES string of the molecule is C=C1CC[C@@H]2CCC3=C(C2(C)C)[C@@](O)(C/C(C)=C/[C@@H](O)C1)N(CC)C3=O. The van der Waals surface area contributed by atoms with E-state index in [1.165, 1.54) is 0 Å². The summed E-state index contributed by atoms with van der Waals surface area (Å²) in [5, 5.41) is 22.2. The molecule has 144 valence electrons. The fourth-order valence-corrected chi connectivity index (χ4v) is 5.54. The van der Waals surface area contributed by atoms with Crippen LogP contribution < -0.4 is 0 Å². The molecule has 2 N–H and O–H groups in total. The highest BCUT2D eigenvalue weighted by molar-refractivity contribution is 5.99. The number of fused-ring (bicyclic) bond motifs is 1. The van der Waals surface area contributed by atoms with Crippen molar-refractivity contribution in [2.75, 3.05) is 6.54 Å². The van der Waals surface area contributed by atoms with E-state index in [4.69, 9.17) is 0 Å². The van der Waals surface area contributed by atoms with E-state index >= 15 is 0 Å². The third-order valence-electron chi connectivity index (χ3n) is 6.72. The van der Waals surface area contributed by atoms with Crippen LogP contribution in [0.2, 0.25) is 0 Å². The standard InChI is InChI=1S/C22H33NO3/c1-6-23-20(25)18-10-9-16-8-7-14(2)11-17(24)12-15(3)13-22(23,26)19(18)21(16,4)5/h12,16-17,24,26H,2,6-11,13H2,1,3-5H3/b15-12+/t16-,17+,22+/m1/s1. The van der Waals surface area contributed by atoms with E-state index in [0.29, 0.717) is 25.3 Å². The lowest BCUT2D eigenvalue weighted by molar-refractivity contribution is -0.143. The maximum atomic E-state index is 13.0. The molecule has 0 fully saturated rings. The molecule has 2 bridgehead atoms. The minimum Gasteiger partial charge on any atom is -0.389 e. The van der Waals surface area contributed by atoms with Crippen LogP contribution in [0.1, 0.15) is 66.2 Å². The smallest absolute Gasteiger partial charge is 0.252 e. The predicted octanol–water partition coefficient (Wildman–Crippen LogP) is 3.71. The number of rotatable bonds is 1. The highest BCUT2D eigenvalue weighted by atomic mass is 16.3. The highest BCUT2D eigenvalue weighted by Crippen LogP contribution is 2.56. The van der Waals surface area contributed by atoms with Gasteiger partial charge in [0.25, 0.3) is 5.91 Å². The van der Waals surface area contributed by atoms with E-state index in [2.05, 4.69) is 20.4 Å². The Balaban J connectivity index is 2.15. The van der Waals surface area contributed by atoms with Gasteiger partial charge in [-0.3, -0.25) is 4.79 Å². The molecule has 0 saturated carbocycles. The molecule has 3 aliphatic rings. The normalized spacial score (nSPS) is 37.2. The maximum Gasteiger partial charge on any atom is 0.252 e. The second kappa shape index (κ2) is 6.65. The molecule has 2 aliphatic carbocycles. The molecule has 0 aromatic heterocycles. The number of amides is 1. The fourth-order valence-electron chi connectivity index (χ4n) is 5.54. The van der Waals surface area contributed by atoms with Crippen molar-refractivity contribution in [3.05, 3.63) is 34.9 Å². The van der Waals surface area contributed by atoms with Crippen molar-refractivity contribution in [2.24, 2.45) is 11.3 Å². The lowest BCUT2D eigenvalue weighted by Crippen LogP contribution is -2.51. The molecule has 0 saturated heterocycles. The Bertz CT molecular complexity index is 688. The summed E-state index contributed by atoms with van der Waals surface area (Å²) in [6.45, 7) is 12.9. The molecule has 3 atom stereocenters. The Labute approximate surface area is 157 Å².